The molecule has 0 bridgehead atoms. The molecule has 1 aliphatic heterocycles. The fourth-order valence-corrected chi connectivity index (χ4v) is 4.23. The lowest BCUT2D eigenvalue weighted by atomic mass is 9.92. The molecule has 1 saturated heterocycles. The fourth-order valence-electron chi connectivity index (χ4n) is 4.11. The van der Waals surface area contributed by atoms with Crippen molar-refractivity contribution in [3.05, 3.63) is 76.8 Å². The zero-order chi connectivity index (χ0) is 19.6. The summed E-state index contributed by atoms with van der Waals surface area (Å²) in [4.78, 5) is 5.02. The van der Waals surface area contributed by atoms with Crippen LogP contribution in [0.1, 0.15) is 36.6 Å². The van der Waals surface area contributed by atoms with Crippen molar-refractivity contribution in [3.63, 3.8) is 0 Å². The molecule has 3 rings (SSSR count). The van der Waals surface area contributed by atoms with Gasteiger partial charge in [0.25, 0.3) is 0 Å². The Hall–Kier alpha value is -1.81. The molecule has 0 aromatic heterocycles. The van der Waals surface area contributed by atoms with E-state index in [1.807, 2.05) is 31.2 Å². The summed E-state index contributed by atoms with van der Waals surface area (Å²) in [6.07, 6.45) is 1.98. The molecule has 1 heterocycles. The maximum Gasteiger partial charge on any atom is 0.115 e. The molecule has 1 unspecified atom stereocenters. The number of nitrogens with zero attached hydrogens (tertiary/aromatic N) is 2. The van der Waals surface area contributed by atoms with Gasteiger partial charge in [0.05, 0.1) is 6.04 Å². The van der Waals surface area contributed by atoms with Crippen LogP contribution in [0.15, 0.2) is 55.1 Å². The van der Waals surface area contributed by atoms with Crippen LogP contribution in [0.25, 0.3) is 0 Å². The van der Waals surface area contributed by atoms with E-state index in [0.29, 0.717) is 17.8 Å². The van der Waals surface area contributed by atoms with Crippen LogP contribution >= 0.6 is 11.6 Å². The minimum Gasteiger partial charge on any atom is -0.508 e. The summed E-state index contributed by atoms with van der Waals surface area (Å²) in [7, 11) is 0. The van der Waals surface area contributed by atoms with Crippen molar-refractivity contribution < 1.29 is 5.11 Å². The number of phenolic OH excluding ortho intramolecular Hbond substituents is 1. The molecule has 1 fully saturated rings. The number of phenols is 1. The van der Waals surface area contributed by atoms with Crippen LogP contribution < -0.4 is 0 Å². The highest BCUT2D eigenvalue weighted by molar-refractivity contribution is 6.31. The van der Waals surface area contributed by atoms with E-state index < -0.39 is 0 Å². The predicted octanol–water partition coefficient (Wildman–Crippen LogP) is 5.02. The van der Waals surface area contributed by atoms with E-state index in [9.17, 15) is 5.11 Å². The number of halogens is 1. The molecule has 3 nitrogen and oxygen atoms in total. The minimum atomic E-state index is 0.0800. The van der Waals surface area contributed by atoms with E-state index in [1.165, 1.54) is 5.56 Å². The smallest absolute Gasteiger partial charge is 0.115 e. The number of piperazine rings is 1. The molecule has 0 radical (unpaired) electrons. The van der Waals surface area contributed by atoms with Crippen molar-refractivity contribution in [2.75, 3.05) is 19.6 Å². The summed E-state index contributed by atoms with van der Waals surface area (Å²) in [5.74, 6) is 0.300. The highest BCUT2D eigenvalue weighted by atomic mass is 35.5. The number of hydrogen-bond acceptors (Lipinski definition) is 3. The van der Waals surface area contributed by atoms with Crippen LogP contribution in [-0.2, 0) is 0 Å². The number of aryl methyl sites for hydroxylation is 1. The maximum absolute atomic E-state index is 10.1. The number of hydrogen-bond donors (Lipinski definition) is 1. The molecule has 144 valence electrons. The average Bonchev–Trinajstić information content (AvgIpc) is 2.62. The van der Waals surface area contributed by atoms with E-state index >= 15 is 0 Å². The third-order valence-electron chi connectivity index (χ3n) is 5.54. The van der Waals surface area contributed by atoms with Crippen molar-refractivity contribution in [1.82, 2.24) is 9.80 Å². The Labute approximate surface area is 167 Å². The molecular formula is C23H29ClN2O. The SMILES string of the molecule is C=CCN1C[C@H](C)N(C(c2cccc(O)c2)c2ccc(Cl)c(C)c2)C[C@H]1C. The molecule has 0 amide bonds. The summed E-state index contributed by atoms with van der Waals surface area (Å²) >= 11 is 6.28. The first kappa shape index (κ1) is 19.9. The molecule has 0 saturated carbocycles. The normalized spacial score (nSPS) is 22.5. The molecule has 4 heteroatoms. The Bertz CT molecular complexity index is 807. The van der Waals surface area contributed by atoms with Gasteiger partial charge in [0.15, 0.2) is 0 Å². The fraction of sp³-hybridized carbons (Fsp3) is 0.391. The molecule has 2 aromatic rings. The Morgan fingerprint density at radius 3 is 2.56 bits per heavy atom. The quantitative estimate of drug-likeness (QED) is 0.733. The van der Waals surface area contributed by atoms with Crippen molar-refractivity contribution in [3.8, 4) is 5.75 Å². The lowest BCUT2D eigenvalue weighted by molar-refractivity contribution is 0.0306. The standard InChI is InChI=1S/C23H29ClN2O/c1-5-11-25-14-18(4)26(15-17(25)3)23(19-7-6-8-21(27)13-19)20-9-10-22(24)16(2)12-20/h5-10,12-13,17-18,23,27H,1,11,14-15H2,2-4H3/t17-,18+,23?/m1/s1. The van der Waals surface area contributed by atoms with Gasteiger partial charge in [-0.25, -0.2) is 0 Å². The molecule has 0 aliphatic carbocycles. The summed E-state index contributed by atoms with van der Waals surface area (Å²) in [5.41, 5.74) is 3.39. The van der Waals surface area contributed by atoms with Gasteiger partial charge in [-0.05, 0) is 55.7 Å². The van der Waals surface area contributed by atoms with Crippen LogP contribution in [-0.4, -0.2) is 46.6 Å². The van der Waals surface area contributed by atoms with Gasteiger partial charge in [-0.2, -0.15) is 0 Å². The summed E-state index contributed by atoms with van der Waals surface area (Å²) in [5, 5.41) is 10.9. The van der Waals surface area contributed by atoms with E-state index in [1.54, 1.807) is 6.07 Å². The van der Waals surface area contributed by atoms with Gasteiger partial charge in [-0.15, -0.1) is 6.58 Å². The first-order valence-electron chi connectivity index (χ1n) is 9.56. The molecule has 1 N–H and O–H groups in total. The zero-order valence-corrected chi connectivity index (χ0v) is 17.2. The van der Waals surface area contributed by atoms with E-state index in [4.69, 9.17) is 11.6 Å². The second-order valence-electron chi connectivity index (χ2n) is 7.64. The second kappa shape index (κ2) is 8.47. The minimum absolute atomic E-state index is 0.0800. The van der Waals surface area contributed by atoms with E-state index in [-0.39, 0.29) is 6.04 Å². The second-order valence-corrected chi connectivity index (χ2v) is 8.05. The van der Waals surface area contributed by atoms with E-state index in [2.05, 4.69) is 48.4 Å². The lowest BCUT2D eigenvalue weighted by Gasteiger charge is -2.47. The van der Waals surface area contributed by atoms with Crippen LogP contribution in [0.5, 0.6) is 5.75 Å². The van der Waals surface area contributed by atoms with Gasteiger partial charge >= 0.3 is 0 Å². The van der Waals surface area contributed by atoms with Crippen molar-refractivity contribution in [1.29, 1.82) is 0 Å². The molecule has 0 spiro atoms. The van der Waals surface area contributed by atoms with Gasteiger partial charge in [-0.3, -0.25) is 9.80 Å². The van der Waals surface area contributed by atoms with Gasteiger partial charge in [0.1, 0.15) is 5.75 Å². The highest BCUT2D eigenvalue weighted by Gasteiger charge is 2.34. The number of benzene rings is 2. The monoisotopic (exact) mass is 384 g/mol. The molecule has 2 aromatic carbocycles. The van der Waals surface area contributed by atoms with Crippen LogP contribution in [0, 0.1) is 6.92 Å². The Balaban J connectivity index is 2.02. The Morgan fingerprint density at radius 2 is 1.89 bits per heavy atom. The largest absolute Gasteiger partial charge is 0.508 e. The predicted molar refractivity (Wildman–Crippen MR) is 114 cm³/mol. The first-order valence-corrected chi connectivity index (χ1v) is 9.94. The lowest BCUT2D eigenvalue weighted by Crippen LogP contribution is -2.57. The third-order valence-corrected chi connectivity index (χ3v) is 5.97. The van der Waals surface area contributed by atoms with Crippen LogP contribution in [0.4, 0.5) is 0 Å². The highest BCUT2D eigenvalue weighted by Crippen LogP contribution is 2.35. The molecule has 27 heavy (non-hydrogen) atoms. The maximum atomic E-state index is 10.1. The van der Waals surface area contributed by atoms with Gasteiger partial charge in [-0.1, -0.05) is 41.9 Å². The number of rotatable bonds is 5. The number of aromatic hydroxyl groups is 1. The van der Waals surface area contributed by atoms with Gasteiger partial charge in [0, 0.05) is 36.7 Å². The Kier molecular flexibility index (Phi) is 6.25. The van der Waals surface area contributed by atoms with Gasteiger partial charge in [0.2, 0.25) is 0 Å². The summed E-state index contributed by atoms with van der Waals surface area (Å²) < 4.78 is 0. The molecular weight excluding hydrogens is 356 g/mol. The van der Waals surface area contributed by atoms with Crippen molar-refractivity contribution in [2.24, 2.45) is 0 Å². The van der Waals surface area contributed by atoms with Crippen LogP contribution in [0.2, 0.25) is 5.02 Å². The van der Waals surface area contributed by atoms with Crippen molar-refractivity contribution >= 4 is 11.6 Å². The molecule has 1 aliphatic rings. The third kappa shape index (κ3) is 4.37. The van der Waals surface area contributed by atoms with E-state index in [0.717, 1.165) is 35.8 Å². The van der Waals surface area contributed by atoms with Crippen LogP contribution in [0.3, 0.4) is 0 Å². The van der Waals surface area contributed by atoms with Gasteiger partial charge < -0.3 is 5.11 Å². The Morgan fingerprint density at radius 1 is 1.15 bits per heavy atom. The topological polar surface area (TPSA) is 26.7 Å². The average molecular weight is 385 g/mol. The van der Waals surface area contributed by atoms with Crippen molar-refractivity contribution in [2.45, 2.75) is 38.9 Å². The molecule has 3 atom stereocenters. The summed E-state index contributed by atoms with van der Waals surface area (Å²) in [6.45, 7) is 13.4. The zero-order valence-electron chi connectivity index (χ0n) is 16.4. The summed E-state index contributed by atoms with van der Waals surface area (Å²) in [6, 6.07) is 14.8. The first-order chi connectivity index (χ1) is 12.9.